The maximum Gasteiger partial charge on any atom is 0.0622 e. The Morgan fingerprint density at radius 1 is 1.50 bits per heavy atom. The maximum absolute atomic E-state index is 6.19. The first-order valence-electron chi connectivity index (χ1n) is 5.76. The van der Waals surface area contributed by atoms with Gasteiger partial charge >= 0.3 is 0 Å². The van der Waals surface area contributed by atoms with Crippen LogP contribution in [0.1, 0.15) is 32.1 Å². The normalized spacial score (nSPS) is 30.6. The van der Waals surface area contributed by atoms with Gasteiger partial charge in [0.25, 0.3) is 0 Å². The van der Waals surface area contributed by atoms with Crippen molar-refractivity contribution < 1.29 is 4.74 Å². The number of nitrogens with two attached hydrogens (primary N) is 1. The number of hydrogen-bond donors (Lipinski definition) is 1. The summed E-state index contributed by atoms with van der Waals surface area (Å²) in [6.07, 6.45) is 6.12. The lowest BCUT2D eigenvalue weighted by Gasteiger charge is -2.39. The van der Waals surface area contributed by atoms with Crippen molar-refractivity contribution in [2.24, 2.45) is 5.73 Å². The van der Waals surface area contributed by atoms with Crippen molar-refractivity contribution in [1.29, 1.82) is 0 Å². The summed E-state index contributed by atoms with van der Waals surface area (Å²) in [7, 11) is 2.20. The van der Waals surface area contributed by atoms with Crippen molar-refractivity contribution in [3.63, 3.8) is 0 Å². The standard InChI is InChI=1S/C11H22N2O/c1-13(10-3-8-14-9-10)7-6-11(12)4-2-5-11/h10H,2-9,12H2,1H3. The van der Waals surface area contributed by atoms with E-state index >= 15 is 0 Å². The minimum Gasteiger partial charge on any atom is -0.380 e. The Labute approximate surface area is 86.6 Å². The van der Waals surface area contributed by atoms with Gasteiger partial charge in [-0.1, -0.05) is 0 Å². The minimum absolute atomic E-state index is 0.174. The molecule has 2 rings (SSSR count). The van der Waals surface area contributed by atoms with Gasteiger partial charge in [0.15, 0.2) is 0 Å². The third kappa shape index (κ3) is 2.27. The van der Waals surface area contributed by atoms with Gasteiger partial charge in [0, 0.05) is 18.2 Å². The molecule has 0 aromatic carbocycles. The molecular weight excluding hydrogens is 176 g/mol. The Balaban J connectivity index is 1.68. The van der Waals surface area contributed by atoms with E-state index in [0.717, 1.165) is 26.2 Å². The molecule has 3 nitrogen and oxygen atoms in total. The zero-order valence-corrected chi connectivity index (χ0v) is 9.17. The first-order chi connectivity index (χ1) is 6.70. The van der Waals surface area contributed by atoms with Gasteiger partial charge in [-0.3, -0.25) is 0 Å². The van der Waals surface area contributed by atoms with Gasteiger partial charge in [-0.2, -0.15) is 0 Å². The maximum atomic E-state index is 6.19. The zero-order valence-electron chi connectivity index (χ0n) is 9.17. The van der Waals surface area contributed by atoms with E-state index < -0.39 is 0 Å². The molecule has 2 fully saturated rings. The lowest BCUT2D eigenvalue weighted by atomic mass is 9.75. The molecule has 0 aromatic rings. The highest BCUT2D eigenvalue weighted by Gasteiger charge is 2.32. The highest BCUT2D eigenvalue weighted by atomic mass is 16.5. The molecule has 0 bridgehead atoms. The molecule has 1 atom stereocenters. The van der Waals surface area contributed by atoms with Crippen LogP contribution in [0, 0.1) is 0 Å². The van der Waals surface area contributed by atoms with Crippen molar-refractivity contribution in [2.75, 3.05) is 26.8 Å². The van der Waals surface area contributed by atoms with Gasteiger partial charge in [0.1, 0.15) is 0 Å². The Morgan fingerprint density at radius 3 is 2.79 bits per heavy atom. The van der Waals surface area contributed by atoms with Crippen molar-refractivity contribution in [2.45, 2.75) is 43.7 Å². The van der Waals surface area contributed by atoms with Gasteiger partial charge in [0.05, 0.1) is 6.61 Å². The molecule has 14 heavy (non-hydrogen) atoms. The van der Waals surface area contributed by atoms with Crippen LogP contribution in [0.5, 0.6) is 0 Å². The van der Waals surface area contributed by atoms with Gasteiger partial charge < -0.3 is 15.4 Å². The number of ether oxygens (including phenoxy) is 1. The molecule has 0 aromatic heterocycles. The monoisotopic (exact) mass is 198 g/mol. The van der Waals surface area contributed by atoms with Crippen LogP contribution in [0.2, 0.25) is 0 Å². The van der Waals surface area contributed by atoms with E-state index in [2.05, 4.69) is 11.9 Å². The molecule has 0 spiro atoms. The Morgan fingerprint density at radius 2 is 2.29 bits per heavy atom. The van der Waals surface area contributed by atoms with Gasteiger partial charge in [0.2, 0.25) is 0 Å². The molecule has 1 saturated carbocycles. The van der Waals surface area contributed by atoms with Crippen molar-refractivity contribution in [3.05, 3.63) is 0 Å². The Bertz CT molecular complexity index is 186. The second kappa shape index (κ2) is 4.17. The van der Waals surface area contributed by atoms with Crippen molar-refractivity contribution in [3.8, 4) is 0 Å². The van der Waals surface area contributed by atoms with Crippen molar-refractivity contribution >= 4 is 0 Å². The van der Waals surface area contributed by atoms with Crippen LogP contribution in [0.3, 0.4) is 0 Å². The van der Waals surface area contributed by atoms with Crippen LogP contribution < -0.4 is 5.73 Å². The molecule has 1 saturated heterocycles. The Kier molecular flexibility index (Phi) is 3.10. The van der Waals surface area contributed by atoms with Crippen LogP contribution in [0.25, 0.3) is 0 Å². The third-order valence-electron chi connectivity index (χ3n) is 3.84. The molecular formula is C11H22N2O. The molecule has 0 amide bonds. The van der Waals surface area contributed by atoms with E-state index in [0.29, 0.717) is 6.04 Å². The summed E-state index contributed by atoms with van der Waals surface area (Å²) >= 11 is 0. The van der Waals surface area contributed by atoms with Gasteiger partial charge in [-0.25, -0.2) is 0 Å². The zero-order chi connectivity index (χ0) is 10.0. The summed E-state index contributed by atoms with van der Waals surface area (Å²) in [5, 5.41) is 0. The van der Waals surface area contributed by atoms with E-state index in [-0.39, 0.29) is 5.54 Å². The number of hydrogen-bond acceptors (Lipinski definition) is 3. The summed E-state index contributed by atoms with van der Waals surface area (Å²) in [5.41, 5.74) is 6.37. The summed E-state index contributed by atoms with van der Waals surface area (Å²) in [6, 6.07) is 0.638. The fourth-order valence-corrected chi connectivity index (χ4v) is 2.33. The molecule has 1 aliphatic carbocycles. The quantitative estimate of drug-likeness (QED) is 0.732. The first kappa shape index (κ1) is 10.4. The minimum atomic E-state index is 0.174. The summed E-state index contributed by atoms with van der Waals surface area (Å²) in [6.45, 7) is 2.97. The Hall–Kier alpha value is -0.120. The number of likely N-dealkylation sites (N-methyl/N-ethyl adjacent to an activating group) is 1. The van der Waals surface area contributed by atoms with Crippen LogP contribution >= 0.6 is 0 Å². The summed E-state index contributed by atoms with van der Waals surface area (Å²) < 4.78 is 5.38. The van der Waals surface area contributed by atoms with Gasteiger partial charge in [-0.15, -0.1) is 0 Å². The van der Waals surface area contributed by atoms with Crippen LogP contribution in [-0.2, 0) is 4.74 Å². The predicted octanol–water partition coefficient (Wildman–Crippen LogP) is 0.979. The fraction of sp³-hybridized carbons (Fsp3) is 1.00. The SMILES string of the molecule is CN(CCC1(N)CCC1)C1CCOC1. The van der Waals surface area contributed by atoms with Crippen LogP contribution in [0.15, 0.2) is 0 Å². The van der Waals surface area contributed by atoms with Crippen LogP contribution in [0.4, 0.5) is 0 Å². The molecule has 82 valence electrons. The topological polar surface area (TPSA) is 38.5 Å². The van der Waals surface area contributed by atoms with E-state index in [1.807, 2.05) is 0 Å². The molecule has 0 radical (unpaired) electrons. The fourth-order valence-electron chi connectivity index (χ4n) is 2.33. The second-order valence-corrected chi connectivity index (χ2v) is 4.96. The summed E-state index contributed by atoms with van der Waals surface area (Å²) in [5.74, 6) is 0. The molecule has 1 heterocycles. The second-order valence-electron chi connectivity index (χ2n) is 4.96. The lowest BCUT2D eigenvalue weighted by molar-refractivity contribution is 0.141. The van der Waals surface area contributed by atoms with E-state index in [9.17, 15) is 0 Å². The van der Waals surface area contributed by atoms with Crippen molar-refractivity contribution in [1.82, 2.24) is 4.90 Å². The highest BCUT2D eigenvalue weighted by molar-refractivity contribution is 4.93. The summed E-state index contributed by atoms with van der Waals surface area (Å²) in [4.78, 5) is 2.42. The predicted molar refractivity (Wildman–Crippen MR) is 57.2 cm³/mol. The molecule has 1 unspecified atom stereocenters. The average molecular weight is 198 g/mol. The lowest BCUT2D eigenvalue weighted by Crippen LogP contribution is -2.49. The van der Waals surface area contributed by atoms with Crippen LogP contribution in [-0.4, -0.2) is 43.3 Å². The number of rotatable bonds is 4. The highest BCUT2D eigenvalue weighted by Crippen LogP contribution is 2.32. The largest absolute Gasteiger partial charge is 0.380 e. The number of nitrogens with zero attached hydrogens (tertiary/aromatic N) is 1. The van der Waals surface area contributed by atoms with E-state index in [1.54, 1.807) is 0 Å². The molecule has 3 heteroatoms. The smallest absolute Gasteiger partial charge is 0.0622 e. The average Bonchev–Trinajstić information content (AvgIpc) is 2.63. The molecule has 2 aliphatic rings. The first-order valence-corrected chi connectivity index (χ1v) is 5.76. The third-order valence-corrected chi connectivity index (χ3v) is 3.84. The van der Waals surface area contributed by atoms with E-state index in [1.165, 1.54) is 25.7 Å². The van der Waals surface area contributed by atoms with E-state index in [4.69, 9.17) is 10.5 Å². The molecule has 2 N–H and O–H groups in total. The van der Waals surface area contributed by atoms with Gasteiger partial charge in [-0.05, 0) is 45.7 Å². The molecule has 1 aliphatic heterocycles.